The van der Waals surface area contributed by atoms with Crippen molar-refractivity contribution in [3.8, 4) is 11.3 Å². The quantitative estimate of drug-likeness (QED) is 0.571. The van der Waals surface area contributed by atoms with Crippen LogP contribution in [0.4, 0.5) is 20.5 Å². The third-order valence-corrected chi connectivity index (χ3v) is 4.31. The molecule has 4 aromatic heterocycles. The van der Waals surface area contributed by atoms with Crippen molar-refractivity contribution >= 4 is 28.4 Å². The minimum Gasteiger partial charge on any atom is -0.371 e. The third kappa shape index (κ3) is 2.73. The van der Waals surface area contributed by atoms with Gasteiger partial charge in [-0.25, -0.2) is 23.3 Å². The number of hydrogen-bond donors (Lipinski definition) is 2. The Balaban J connectivity index is 1.99. The largest absolute Gasteiger partial charge is 0.371 e. The molecule has 4 rings (SSSR count). The molecule has 0 aliphatic carbocycles. The van der Waals surface area contributed by atoms with Crippen molar-refractivity contribution in [2.24, 2.45) is 0 Å². The first-order chi connectivity index (χ1) is 12.9. The first-order valence-electron chi connectivity index (χ1n) is 8.39. The lowest BCUT2D eigenvalue weighted by Gasteiger charge is -2.09. The van der Waals surface area contributed by atoms with Crippen LogP contribution in [0.25, 0.3) is 27.9 Å². The Morgan fingerprint density at radius 3 is 2.74 bits per heavy atom. The smallest absolute Gasteiger partial charge is 0.240 e. The Bertz CT molecular complexity index is 1160. The van der Waals surface area contributed by atoms with Gasteiger partial charge in [-0.15, -0.1) is 5.10 Å². The number of anilines is 2. The molecule has 0 saturated heterocycles. The van der Waals surface area contributed by atoms with E-state index in [1.165, 1.54) is 17.6 Å². The molecule has 0 saturated carbocycles. The SMILES string of the molecule is CNc1nc(N)nn2cc(F)c(-c3ccc4nc(C)n(CC(C)F)c4n3)c12. The van der Waals surface area contributed by atoms with Gasteiger partial charge in [-0.05, 0) is 26.0 Å². The van der Waals surface area contributed by atoms with Crippen LogP contribution in [-0.2, 0) is 6.54 Å². The second kappa shape index (κ2) is 6.15. The van der Waals surface area contributed by atoms with Crippen LogP contribution in [-0.4, -0.2) is 42.4 Å². The summed E-state index contributed by atoms with van der Waals surface area (Å²) in [6.07, 6.45) is 0.160. The van der Waals surface area contributed by atoms with Gasteiger partial charge in [0.25, 0.3) is 0 Å². The highest BCUT2D eigenvalue weighted by atomic mass is 19.1. The van der Waals surface area contributed by atoms with Crippen LogP contribution in [0.15, 0.2) is 18.3 Å². The average molecular weight is 372 g/mol. The maximum absolute atomic E-state index is 14.8. The molecule has 0 fully saturated rings. The fourth-order valence-electron chi connectivity index (χ4n) is 3.21. The minimum atomic E-state index is -1.06. The fourth-order valence-corrected chi connectivity index (χ4v) is 3.21. The Morgan fingerprint density at radius 1 is 1.26 bits per heavy atom. The lowest BCUT2D eigenvalue weighted by Crippen LogP contribution is -2.10. The highest BCUT2D eigenvalue weighted by Crippen LogP contribution is 2.32. The van der Waals surface area contributed by atoms with E-state index in [4.69, 9.17) is 5.73 Å². The van der Waals surface area contributed by atoms with Crippen LogP contribution in [0.3, 0.4) is 0 Å². The maximum atomic E-state index is 14.8. The number of hydrogen-bond acceptors (Lipinski definition) is 6. The van der Waals surface area contributed by atoms with Crippen molar-refractivity contribution < 1.29 is 8.78 Å². The molecule has 4 heterocycles. The minimum absolute atomic E-state index is 0.0162. The van der Waals surface area contributed by atoms with Gasteiger partial charge in [0.05, 0.1) is 24.0 Å². The van der Waals surface area contributed by atoms with Crippen LogP contribution in [0, 0.1) is 12.7 Å². The summed E-state index contributed by atoms with van der Waals surface area (Å²) in [6, 6.07) is 3.41. The summed E-state index contributed by atoms with van der Waals surface area (Å²) in [7, 11) is 1.66. The number of pyridine rings is 1. The van der Waals surface area contributed by atoms with Gasteiger partial charge in [0.15, 0.2) is 17.3 Å². The van der Waals surface area contributed by atoms with Crippen molar-refractivity contribution in [3.05, 3.63) is 30.0 Å². The summed E-state index contributed by atoms with van der Waals surface area (Å²) < 4.78 is 31.4. The predicted molar refractivity (Wildman–Crippen MR) is 98.7 cm³/mol. The van der Waals surface area contributed by atoms with E-state index in [1.807, 2.05) is 0 Å². The van der Waals surface area contributed by atoms with Gasteiger partial charge in [0.2, 0.25) is 5.95 Å². The molecule has 140 valence electrons. The van der Waals surface area contributed by atoms with Gasteiger partial charge in [0.1, 0.15) is 23.0 Å². The molecule has 10 heteroatoms. The monoisotopic (exact) mass is 372 g/mol. The standard InChI is InChI=1S/C17H18F2N8/c1-8(18)6-26-9(2)22-12-5-4-11(23-16(12)26)13-10(19)7-27-14(13)15(21-3)24-17(20)25-27/h4-5,7-8H,6H2,1-3H3,(H3,20,21,24,25). The van der Waals surface area contributed by atoms with E-state index in [0.29, 0.717) is 34.0 Å². The summed E-state index contributed by atoms with van der Waals surface area (Å²) in [5.74, 6) is 0.529. The first-order valence-corrected chi connectivity index (χ1v) is 8.39. The van der Waals surface area contributed by atoms with Crippen LogP contribution in [0.2, 0.25) is 0 Å². The van der Waals surface area contributed by atoms with Crippen molar-refractivity contribution in [2.75, 3.05) is 18.1 Å². The number of nitrogen functional groups attached to an aromatic ring is 1. The number of imidazole rings is 1. The molecule has 0 radical (unpaired) electrons. The normalized spacial score (nSPS) is 12.8. The molecule has 0 aliphatic rings. The number of nitrogens with one attached hydrogen (secondary N) is 1. The van der Waals surface area contributed by atoms with Crippen molar-refractivity contribution in [1.82, 2.24) is 29.1 Å². The molecule has 3 N–H and O–H groups in total. The molecule has 0 aromatic carbocycles. The van der Waals surface area contributed by atoms with E-state index in [1.54, 1.807) is 30.7 Å². The predicted octanol–water partition coefficient (Wildman–Crippen LogP) is 2.57. The molecule has 0 amide bonds. The van der Waals surface area contributed by atoms with Crippen LogP contribution >= 0.6 is 0 Å². The Morgan fingerprint density at radius 2 is 2.04 bits per heavy atom. The van der Waals surface area contributed by atoms with Gasteiger partial charge < -0.3 is 15.6 Å². The van der Waals surface area contributed by atoms with Gasteiger partial charge in [-0.3, -0.25) is 0 Å². The van der Waals surface area contributed by atoms with E-state index in [9.17, 15) is 8.78 Å². The van der Waals surface area contributed by atoms with Crippen LogP contribution < -0.4 is 11.1 Å². The van der Waals surface area contributed by atoms with Crippen molar-refractivity contribution in [3.63, 3.8) is 0 Å². The molecule has 1 atom stereocenters. The van der Waals surface area contributed by atoms with Gasteiger partial charge in [-0.2, -0.15) is 4.98 Å². The fraction of sp³-hybridized carbons (Fsp3) is 0.294. The summed E-state index contributed by atoms with van der Waals surface area (Å²) >= 11 is 0. The Hall–Kier alpha value is -3.30. The van der Waals surface area contributed by atoms with Gasteiger partial charge in [-0.1, -0.05) is 0 Å². The van der Waals surface area contributed by atoms with Gasteiger partial charge >= 0.3 is 0 Å². The highest BCUT2D eigenvalue weighted by molar-refractivity contribution is 5.89. The van der Waals surface area contributed by atoms with E-state index < -0.39 is 12.0 Å². The average Bonchev–Trinajstić information content (AvgIpc) is 3.09. The first kappa shape index (κ1) is 17.1. The van der Waals surface area contributed by atoms with E-state index in [0.717, 1.165) is 0 Å². The highest BCUT2D eigenvalue weighted by Gasteiger charge is 2.21. The molecule has 8 nitrogen and oxygen atoms in total. The zero-order valence-corrected chi connectivity index (χ0v) is 15.0. The number of nitrogens with two attached hydrogens (primary N) is 1. The molecule has 27 heavy (non-hydrogen) atoms. The van der Waals surface area contributed by atoms with E-state index >= 15 is 0 Å². The number of aromatic nitrogens is 6. The van der Waals surface area contributed by atoms with Crippen molar-refractivity contribution in [2.45, 2.75) is 26.6 Å². The summed E-state index contributed by atoms with van der Waals surface area (Å²) in [4.78, 5) is 13.1. The summed E-state index contributed by atoms with van der Waals surface area (Å²) in [5.41, 5.74) is 7.82. The number of rotatable bonds is 4. The lowest BCUT2D eigenvalue weighted by atomic mass is 10.1. The maximum Gasteiger partial charge on any atom is 0.240 e. The second-order valence-corrected chi connectivity index (χ2v) is 6.30. The Labute approximate surface area is 153 Å². The molecular weight excluding hydrogens is 354 g/mol. The van der Waals surface area contributed by atoms with E-state index in [2.05, 4.69) is 25.4 Å². The third-order valence-electron chi connectivity index (χ3n) is 4.31. The number of alkyl halides is 1. The number of fused-ring (bicyclic) bond motifs is 2. The van der Waals surface area contributed by atoms with Crippen LogP contribution in [0.5, 0.6) is 0 Å². The molecule has 1 unspecified atom stereocenters. The number of halogens is 2. The van der Waals surface area contributed by atoms with Crippen LogP contribution in [0.1, 0.15) is 12.7 Å². The molecular formula is C17H18F2N8. The molecule has 0 bridgehead atoms. The van der Waals surface area contributed by atoms with E-state index in [-0.39, 0.29) is 18.1 Å². The second-order valence-electron chi connectivity index (χ2n) is 6.30. The van der Waals surface area contributed by atoms with Crippen molar-refractivity contribution in [1.29, 1.82) is 0 Å². The molecule has 0 spiro atoms. The number of nitrogens with zero attached hydrogens (tertiary/aromatic N) is 6. The molecule has 0 aliphatic heterocycles. The Kier molecular flexibility index (Phi) is 3.90. The van der Waals surface area contributed by atoms with Gasteiger partial charge in [0, 0.05) is 7.05 Å². The molecule has 4 aromatic rings. The topological polar surface area (TPSA) is 99.0 Å². The zero-order chi connectivity index (χ0) is 19.3. The summed E-state index contributed by atoms with van der Waals surface area (Å²) in [6.45, 7) is 3.38. The number of aryl methyl sites for hydroxylation is 1. The summed E-state index contributed by atoms with van der Waals surface area (Å²) in [5, 5.41) is 6.92. The zero-order valence-electron chi connectivity index (χ0n) is 15.0. The lowest BCUT2D eigenvalue weighted by molar-refractivity contribution is 0.321.